The van der Waals surface area contributed by atoms with E-state index in [-0.39, 0.29) is 5.75 Å². The predicted molar refractivity (Wildman–Crippen MR) is 48.4 cm³/mol. The van der Waals surface area contributed by atoms with Crippen LogP contribution in [0.4, 0.5) is 0 Å². The summed E-state index contributed by atoms with van der Waals surface area (Å²) in [5.41, 5.74) is 7.36. The van der Waals surface area contributed by atoms with Crippen LogP contribution in [0.5, 0.6) is 5.75 Å². The zero-order valence-electron chi connectivity index (χ0n) is 6.26. The molecular formula is C8H10BrNO. The summed E-state index contributed by atoms with van der Waals surface area (Å²) < 4.78 is 0.745. The summed E-state index contributed by atoms with van der Waals surface area (Å²) in [6.07, 6.45) is 0. The van der Waals surface area contributed by atoms with Crippen LogP contribution in [0, 0.1) is 6.92 Å². The van der Waals surface area contributed by atoms with Crippen molar-refractivity contribution >= 4 is 15.9 Å². The minimum absolute atomic E-state index is 0.255. The molecule has 0 spiro atoms. The van der Waals surface area contributed by atoms with Gasteiger partial charge in [-0.1, -0.05) is 6.07 Å². The summed E-state index contributed by atoms with van der Waals surface area (Å²) in [6, 6.07) is 3.61. The molecule has 60 valence electrons. The van der Waals surface area contributed by atoms with E-state index < -0.39 is 0 Å². The maximum atomic E-state index is 9.31. The number of nitrogens with two attached hydrogens (primary N) is 1. The minimum Gasteiger partial charge on any atom is -0.507 e. The van der Waals surface area contributed by atoms with Crippen molar-refractivity contribution in [1.29, 1.82) is 0 Å². The van der Waals surface area contributed by atoms with Gasteiger partial charge in [-0.2, -0.15) is 0 Å². The number of benzene rings is 1. The highest BCUT2D eigenvalue weighted by molar-refractivity contribution is 9.10. The first-order valence-corrected chi connectivity index (χ1v) is 4.12. The van der Waals surface area contributed by atoms with Crippen LogP contribution in [-0.2, 0) is 6.54 Å². The first kappa shape index (κ1) is 8.56. The van der Waals surface area contributed by atoms with Crippen LogP contribution in [0.15, 0.2) is 16.6 Å². The first-order chi connectivity index (χ1) is 5.15. The van der Waals surface area contributed by atoms with Crippen LogP contribution in [0.25, 0.3) is 0 Å². The van der Waals surface area contributed by atoms with Gasteiger partial charge in [0, 0.05) is 6.54 Å². The molecule has 0 atom stereocenters. The maximum absolute atomic E-state index is 9.31. The lowest BCUT2D eigenvalue weighted by molar-refractivity contribution is 0.470. The quantitative estimate of drug-likeness (QED) is 0.753. The largest absolute Gasteiger partial charge is 0.507 e. The first-order valence-electron chi connectivity index (χ1n) is 3.33. The Morgan fingerprint density at radius 3 is 2.64 bits per heavy atom. The molecule has 0 saturated carbocycles. The van der Waals surface area contributed by atoms with E-state index in [9.17, 15) is 5.11 Å². The number of hydrogen-bond acceptors (Lipinski definition) is 2. The normalized spacial score (nSPS) is 10.1. The number of phenols is 1. The van der Waals surface area contributed by atoms with Crippen LogP contribution >= 0.6 is 15.9 Å². The summed E-state index contributed by atoms with van der Waals surface area (Å²) in [4.78, 5) is 0. The Bertz CT molecular complexity index is 250. The van der Waals surface area contributed by atoms with E-state index in [2.05, 4.69) is 15.9 Å². The fourth-order valence-corrected chi connectivity index (χ4v) is 1.17. The zero-order chi connectivity index (χ0) is 8.43. The lowest BCUT2D eigenvalue weighted by atomic mass is 10.1. The molecule has 0 radical (unpaired) electrons. The third kappa shape index (κ3) is 1.73. The molecule has 2 nitrogen and oxygen atoms in total. The van der Waals surface area contributed by atoms with Gasteiger partial charge in [-0.3, -0.25) is 0 Å². The average Bonchev–Trinajstić information content (AvgIpc) is 1.99. The topological polar surface area (TPSA) is 46.2 Å². The zero-order valence-corrected chi connectivity index (χ0v) is 7.85. The predicted octanol–water partition coefficient (Wildman–Crippen LogP) is 1.92. The van der Waals surface area contributed by atoms with E-state index in [0.717, 1.165) is 15.6 Å². The van der Waals surface area contributed by atoms with Crippen molar-refractivity contribution < 1.29 is 5.11 Å². The van der Waals surface area contributed by atoms with E-state index in [4.69, 9.17) is 5.73 Å². The molecule has 3 N–H and O–H groups in total. The Hall–Kier alpha value is -0.540. The highest BCUT2D eigenvalue weighted by atomic mass is 79.9. The van der Waals surface area contributed by atoms with Gasteiger partial charge in [0.1, 0.15) is 5.75 Å². The molecule has 3 heteroatoms. The van der Waals surface area contributed by atoms with Crippen LogP contribution in [0.1, 0.15) is 11.1 Å². The fourth-order valence-electron chi connectivity index (χ4n) is 0.942. The molecule has 0 unspecified atom stereocenters. The molecule has 1 rings (SSSR count). The summed E-state index contributed by atoms with van der Waals surface area (Å²) in [6.45, 7) is 2.38. The van der Waals surface area contributed by atoms with Crippen molar-refractivity contribution in [2.24, 2.45) is 5.73 Å². The molecule has 0 aromatic heterocycles. The second-order valence-corrected chi connectivity index (χ2v) is 3.24. The number of rotatable bonds is 1. The second-order valence-electron chi connectivity index (χ2n) is 2.45. The van der Waals surface area contributed by atoms with Gasteiger partial charge in [0.2, 0.25) is 0 Å². The highest BCUT2D eigenvalue weighted by Gasteiger charge is 2.02. The third-order valence-corrected chi connectivity index (χ3v) is 2.56. The van der Waals surface area contributed by atoms with Gasteiger partial charge in [0.25, 0.3) is 0 Å². The Morgan fingerprint density at radius 1 is 1.55 bits per heavy atom. The molecule has 0 saturated heterocycles. The monoisotopic (exact) mass is 215 g/mol. The number of hydrogen-bond donors (Lipinski definition) is 2. The molecule has 0 bridgehead atoms. The van der Waals surface area contributed by atoms with Gasteiger partial charge in [-0.25, -0.2) is 0 Å². The maximum Gasteiger partial charge on any atom is 0.130 e. The number of halogens is 1. The summed E-state index contributed by atoms with van der Waals surface area (Å²) in [5, 5.41) is 9.31. The molecule has 11 heavy (non-hydrogen) atoms. The molecule has 0 aliphatic carbocycles. The van der Waals surface area contributed by atoms with Crippen molar-refractivity contribution in [2.45, 2.75) is 13.5 Å². The minimum atomic E-state index is 0.255. The molecular weight excluding hydrogens is 206 g/mol. The SMILES string of the molecule is Cc1cc(CN)cc(O)c1Br. The van der Waals surface area contributed by atoms with Crippen molar-refractivity contribution in [2.75, 3.05) is 0 Å². The lowest BCUT2D eigenvalue weighted by Gasteiger charge is -2.03. The Kier molecular flexibility index (Phi) is 2.52. The van der Waals surface area contributed by atoms with Crippen molar-refractivity contribution in [3.63, 3.8) is 0 Å². The van der Waals surface area contributed by atoms with Gasteiger partial charge < -0.3 is 10.8 Å². The molecule has 0 heterocycles. The number of aromatic hydroxyl groups is 1. The summed E-state index contributed by atoms with van der Waals surface area (Å²) in [7, 11) is 0. The molecule has 0 amide bonds. The fraction of sp³-hybridized carbons (Fsp3) is 0.250. The van der Waals surface area contributed by atoms with E-state index in [1.807, 2.05) is 13.0 Å². The Morgan fingerprint density at radius 2 is 2.18 bits per heavy atom. The highest BCUT2D eigenvalue weighted by Crippen LogP contribution is 2.28. The molecule has 0 aliphatic rings. The third-order valence-electron chi connectivity index (χ3n) is 1.53. The second kappa shape index (κ2) is 3.24. The van der Waals surface area contributed by atoms with Crippen LogP contribution < -0.4 is 5.73 Å². The van der Waals surface area contributed by atoms with Crippen LogP contribution in [0.3, 0.4) is 0 Å². The average molecular weight is 216 g/mol. The summed E-state index contributed by atoms with van der Waals surface area (Å²) >= 11 is 3.25. The van der Waals surface area contributed by atoms with Crippen LogP contribution in [-0.4, -0.2) is 5.11 Å². The van der Waals surface area contributed by atoms with Gasteiger partial charge in [0.15, 0.2) is 0 Å². The van der Waals surface area contributed by atoms with Gasteiger partial charge >= 0.3 is 0 Å². The van der Waals surface area contributed by atoms with Gasteiger partial charge in [-0.15, -0.1) is 0 Å². The van der Waals surface area contributed by atoms with Gasteiger partial charge in [0.05, 0.1) is 4.47 Å². The van der Waals surface area contributed by atoms with E-state index in [1.54, 1.807) is 6.07 Å². The van der Waals surface area contributed by atoms with Crippen LogP contribution in [0.2, 0.25) is 0 Å². The number of phenolic OH excluding ortho intramolecular Hbond substituents is 1. The molecule has 0 aliphatic heterocycles. The van der Waals surface area contributed by atoms with Crippen molar-refractivity contribution in [1.82, 2.24) is 0 Å². The van der Waals surface area contributed by atoms with Crippen molar-refractivity contribution in [3.8, 4) is 5.75 Å². The number of aryl methyl sites for hydroxylation is 1. The smallest absolute Gasteiger partial charge is 0.130 e. The van der Waals surface area contributed by atoms with E-state index >= 15 is 0 Å². The molecule has 1 aromatic rings. The summed E-state index contributed by atoms with van der Waals surface area (Å²) in [5.74, 6) is 0.255. The molecule has 1 aromatic carbocycles. The van der Waals surface area contributed by atoms with E-state index in [0.29, 0.717) is 6.54 Å². The van der Waals surface area contributed by atoms with E-state index in [1.165, 1.54) is 0 Å². The van der Waals surface area contributed by atoms with Gasteiger partial charge in [-0.05, 0) is 40.0 Å². The Labute approximate surface area is 74.2 Å². The Balaban J connectivity index is 3.21. The van der Waals surface area contributed by atoms with Crippen molar-refractivity contribution in [3.05, 3.63) is 27.7 Å². The lowest BCUT2D eigenvalue weighted by Crippen LogP contribution is -1.96. The molecule has 0 fully saturated rings. The standard InChI is InChI=1S/C8H10BrNO/c1-5-2-6(4-10)3-7(11)8(5)9/h2-3,11H,4,10H2,1H3.